The van der Waals surface area contributed by atoms with Gasteiger partial charge in [0.15, 0.2) is 0 Å². The highest BCUT2D eigenvalue weighted by Gasteiger charge is 2.28. The Labute approximate surface area is 153 Å². The Bertz CT molecular complexity index is 714. The van der Waals surface area contributed by atoms with Gasteiger partial charge in [0.2, 0.25) is 5.91 Å². The zero-order valence-electron chi connectivity index (χ0n) is 14.7. The molecule has 1 N–H and O–H groups in total. The average Bonchev–Trinajstić information content (AvgIpc) is 2.68. The van der Waals surface area contributed by atoms with Crippen molar-refractivity contribution in [3.63, 3.8) is 0 Å². The van der Waals surface area contributed by atoms with Crippen LogP contribution in [-0.4, -0.2) is 25.0 Å². The molecule has 0 aliphatic carbocycles. The molecular weight excluding hydrogens is 328 g/mol. The molecule has 0 saturated carbocycles. The van der Waals surface area contributed by atoms with E-state index < -0.39 is 17.9 Å². The summed E-state index contributed by atoms with van der Waals surface area (Å²) in [5.41, 5.74) is 1.69. The van der Waals surface area contributed by atoms with Gasteiger partial charge in [-0.3, -0.25) is 4.79 Å². The molecule has 0 bridgehead atoms. The molecule has 0 heterocycles. The number of amides is 1. The fraction of sp³-hybridized carbons (Fsp3) is 0.286. The minimum atomic E-state index is -0.768. The minimum Gasteiger partial charge on any atom is -0.467 e. The van der Waals surface area contributed by atoms with Gasteiger partial charge in [0.05, 0.1) is 19.1 Å². The van der Waals surface area contributed by atoms with Crippen LogP contribution in [0.1, 0.15) is 36.3 Å². The van der Waals surface area contributed by atoms with Crippen molar-refractivity contribution < 1.29 is 14.3 Å². The molecule has 1 amide bonds. The number of rotatable bonds is 8. The molecule has 134 valence electrons. The highest BCUT2D eigenvalue weighted by Crippen LogP contribution is 2.25. The molecule has 0 unspecified atom stereocenters. The number of methoxy groups -OCH3 is 1. The molecule has 0 aliphatic heterocycles. The van der Waals surface area contributed by atoms with E-state index >= 15 is 0 Å². The Kier molecular flexibility index (Phi) is 7.38. The van der Waals surface area contributed by atoms with Crippen molar-refractivity contribution in [2.45, 2.75) is 31.2 Å². The van der Waals surface area contributed by atoms with Gasteiger partial charge in [0.25, 0.3) is 0 Å². The van der Waals surface area contributed by atoms with E-state index in [9.17, 15) is 9.59 Å². The van der Waals surface area contributed by atoms with Crippen molar-refractivity contribution in [2.75, 3.05) is 7.11 Å². The highest BCUT2D eigenvalue weighted by atomic mass is 16.5. The number of carbonyl (C=O) groups is 2. The number of hydrogen-bond donors (Lipinski definition) is 1. The van der Waals surface area contributed by atoms with Crippen LogP contribution < -0.4 is 5.32 Å². The lowest BCUT2D eigenvalue weighted by Crippen LogP contribution is -2.43. The number of unbranched alkanes of at least 4 members (excludes halogenated alkanes) is 1. The van der Waals surface area contributed by atoms with Gasteiger partial charge >= 0.3 is 5.97 Å². The summed E-state index contributed by atoms with van der Waals surface area (Å²) in [7, 11) is 1.29. The summed E-state index contributed by atoms with van der Waals surface area (Å²) < 4.78 is 4.80. The second kappa shape index (κ2) is 10.00. The van der Waals surface area contributed by atoms with Gasteiger partial charge in [-0.05, 0) is 24.0 Å². The zero-order chi connectivity index (χ0) is 18.8. The Morgan fingerprint density at radius 2 is 1.58 bits per heavy atom. The Morgan fingerprint density at radius 3 is 2.04 bits per heavy atom. The fourth-order valence-electron chi connectivity index (χ4n) is 2.82. The molecule has 0 aliphatic rings. The molecule has 2 rings (SSSR count). The molecule has 2 aromatic carbocycles. The van der Waals surface area contributed by atoms with Gasteiger partial charge in [-0.15, -0.1) is 0 Å². The van der Waals surface area contributed by atoms with Crippen LogP contribution in [0.15, 0.2) is 60.7 Å². The van der Waals surface area contributed by atoms with Crippen molar-refractivity contribution in [3.05, 3.63) is 71.8 Å². The van der Waals surface area contributed by atoms with Crippen LogP contribution in [0.4, 0.5) is 0 Å². The highest BCUT2D eigenvalue weighted by molar-refractivity contribution is 5.91. The third kappa shape index (κ3) is 5.18. The van der Waals surface area contributed by atoms with Crippen LogP contribution >= 0.6 is 0 Å². The van der Waals surface area contributed by atoms with Crippen molar-refractivity contribution in [1.82, 2.24) is 5.32 Å². The number of nitriles is 1. The van der Waals surface area contributed by atoms with Gasteiger partial charge in [-0.2, -0.15) is 5.26 Å². The summed E-state index contributed by atoms with van der Waals surface area (Å²) in [5.74, 6) is -1.30. The minimum absolute atomic E-state index is 0.269. The first-order chi connectivity index (χ1) is 12.7. The number of esters is 1. The van der Waals surface area contributed by atoms with Crippen molar-refractivity contribution in [1.29, 1.82) is 5.26 Å². The molecule has 5 nitrogen and oxygen atoms in total. The van der Waals surface area contributed by atoms with E-state index in [1.54, 1.807) is 0 Å². The van der Waals surface area contributed by atoms with Crippen LogP contribution in [0.2, 0.25) is 0 Å². The van der Waals surface area contributed by atoms with E-state index in [4.69, 9.17) is 10.00 Å². The van der Waals surface area contributed by atoms with E-state index in [1.165, 1.54) is 7.11 Å². The number of nitrogens with one attached hydrogen (secondary N) is 1. The third-order valence-corrected chi connectivity index (χ3v) is 4.11. The lowest BCUT2D eigenvalue weighted by atomic mass is 9.90. The number of carbonyl (C=O) groups excluding carboxylic acids is 2. The molecule has 1 atom stereocenters. The van der Waals surface area contributed by atoms with Gasteiger partial charge in [0.1, 0.15) is 6.04 Å². The smallest absolute Gasteiger partial charge is 0.328 e. The van der Waals surface area contributed by atoms with E-state index in [0.29, 0.717) is 19.3 Å². The molecule has 0 aromatic heterocycles. The van der Waals surface area contributed by atoms with Gasteiger partial charge in [-0.25, -0.2) is 4.79 Å². The lowest BCUT2D eigenvalue weighted by Gasteiger charge is -2.22. The van der Waals surface area contributed by atoms with Crippen molar-refractivity contribution in [3.8, 4) is 6.07 Å². The summed E-state index contributed by atoms with van der Waals surface area (Å²) >= 11 is 0. The molecule has 0 radical (unpaired) electrons. The van der Waals surface area contributed by atoms with Crippen molar-refractivity contribution in [2.24, 2.45) is 0 Å². The molecule has 5 heteroatoms. The van der Waals surface area contributed by atoms with Gasteiger partial charge in [0, 0.05) is 6.42 Å². The number of benzene rings is 2. The quantitative estimate of drug-likeness (QED) is 0.586. The van der Waals surface area contributed by atoms with Crippen LogP contribution in [0, 0.1) is 11.3 Å². The topological polar surface area (TPSA) is 79.2 Å². The van der Waals surface area contributed by atoms with E-state index in [-0.39, 0.29) is 5.91 Å². The first-order valence-corrected chi connectivity index (χ1v) is 8.52. The molecule has 2 aromatic rings. The monoisotopic (exact) mass is 350 g/mol. The van der Waals surface area contributed by atoms with Gasteiger partial charge < -0.3 is 10.1 Å². The Morgan fingerprint density at radius 1 is 1.04 bits per heavy atom. The summed E-state index contributed by atoms with van der Waals surface area (Å²) in [4.78, 5) is 25.0. The van der Waals surface area contributed by atoms with E-state index in [0.717, 1.165) is 11.1 Å². The van der Waals surface area contributed by atoms with Crippen LogP contribution in [0.5, 0.6) is 0 Å². The molecule has 0 saturated heterocycles. The summed E-state index contributed by atoms with van der Waals surface area (Å²) in [6.45, 7) is 0. The number of ether oxygens (including phenoxy) is 1. The maximum Gasteiger partial charge on any atom is 0.328 e. The first-order valence-electron chi connectivity index (χ1n) is 8.52. The van der Waals surface area contributed by atoms with E-state index in [2.05, 4.69) is 5.32 Å². The first kappa shape index (κ1) is 19.2. The molecule has 0 spiro atoms. The number of hydrogen-bond acceptors (Lipinski definition) is 4. The second-order valence-corrected chi connectivity index (χ2v) is 5.89. The summed E-state index contributed by atoms with van der Waals surface area (Å²) in [5, 5.41) is 11.5. The SMILES string of the molecule is COC(=O)[C@H](CCCC#N)NC(=O)C(c1ccccc1)c1ccccc1. The molecule has 0 fully saturated rings. The van der Waals surface area contributed by atoms with Crippen LogP contribution in [-0.2, 0) is 14.3 Å². The predicted octanol–water partition coefficient (Wildman–Crippen LogP) is 3.17. The molecule has 26 heavy (non-hydrogen) atoms. The van der Waals surface area contributed by atoms with E-state index in [1.807, 2.05) is 66.7 Å². The van der Waals surface area contributed by atoms with Gasteiger partial charge in [-0.1, -0.05) is 60.7 Å². The second-order valence-electron chi connectivity index (χ2n) is 5.89. The van der Waals surface area contributed by atoms with Crippen molar-refractivity contribution >= 4 is 11.9 Å². The zero-order valence-corrected chi connectivity index (χ0v) is 14.7. The summed E-state index contributed by atoms with van der Waals surface area (Å²) in [6, 6.07) is 20.1. The average molecular weight is 350 g/mol. The maximum atomic E-state index is 13.0. The number of nitrogens with zero attached hydrogens (tertiary/aromatic N) is 1. The Balaban J connectivity index is 2.25. The standard InChI is InChI=1S/C21H22N2O3/c1-26-21(25)18(14-8-9-15-22)23-20(24)19(16-10-4-2-5-11-16)17-12-6-3-7-13-17/h2-7,10-13,18-19H,8-9,14H2,1H3,(H,23,24)/t18-/m0/s1. The lowest BCUT2D eigenvalue weighted by molar-refractivity contribution is -0.145. The largest absolute Gasteiger partial charge is 0.467 e. The normalized spacial score (nSPS) is 11.4. The third-order valence-electron chi connectivity index (χ3n) is 4.11. The summed E-state index contributed by atoms with van der Waals surface area (Å²) in [6.07, 6.45) is 1.20. The predicted molar refractivity (Wildman–Crippen MR) is 98.1 cm³/mol. The molecular formula is C21H22N2O3. The Hall–Kier alpha value is -3.13. The van der Waals surface area contributed by atoms with Crippen LogP contribution in [0.25, 0.3) is 0 Å². The maximum absolute atomic E-state index is 13.0. The fourth-order valence-corrected chi connectivity index (χ4v) is 2.82. The van der Waals surface area contributed by atoms with Crippen LogP contribution in [0.3, 0.4) is 0 Å².